The zero-order valence-corrected chi connectivity index (χ0v) is 12.5. The van der Waals surface area contributed by atoms with Gasteiger partial charge in [0.05, 0.1) is 0 Å². The molecule has 1 aromatic rings. The van der Waals surface area contributed by atoms with E-state index >= 15 is 0 Å². The van der Waals surface area contributed by atoms with Gasteiger partial charge in [0.25, 0.3) is 0 Å². The first kappa shape index (κ1) is 14.3. The van der Waals surface area contributed by atoms with Crippen LogP contribution in [0, 0.1) is 5.92 Å². The van der Waals surface area contributed by atoms with Crippen molar-refractivity contribution in [2.75, 3.05) is 5.32 Å². The molecule has 0 saturated heterocycles. The highest BCUT2D eigenvalue weighted by molar-refractivity contribution is 7.80. The molecule has 0 spiro atoms. The molecule has 0 heterocycles. The van der Waals surface area contributed by atoms with Crippen molar-refractivity contribution < 1.29 is 0 Å². The molecule has 19 heavy (non-hydrogen) atoms. The van der Waals surface area contributed by atoms with Gasteiger partial charge in [-0.1, -0.05) is 44.1 Å². The van der Waals surface area contributed by atoms with Crippen molar-refractivity contribution in [3.63, 3.8) is 0 Å². The molecule has 0 amide bonds. The number of rotatable bonds is 5. The number of hydrogen-bond donors (Lipinski definition) is 2. The first-order valence-electron chi connectivity index (χ1n) is 7.36. The monoisotopic (exact) mass is 276 g/mol. The second kappa shape index (κ2) is 6.90. The van der Waals surface area contributed by atoms with Crippen LogP contribution in [0.2, 0.25) is 0 Å². The molecule has 0 unspecified atom stereocenters. The van der Waals surface area contributed by atoms with Crippen LogP contribution in [0.5, 0.6) is 0 Å². The molecule has 2 rings (SSSR count). The van der Waals surface area contributed by atoms with E-state index in [2.05, 4.69) is 18.3 Å². The first-order chi connectivity index (χ1) is 9.20. The van der Waals surface area contributed by atoms with Gasteiger partial charge in [-0.2, -0.15) is 0 Å². The van der Waals surface area contributed by atoms with Gasteiger partial charge in [-0.25, -0.2) is 0 Å². The van der Waals surface area contributed by atoms with Crippen molar-refractivity contribution >= 4 is 22.9 Å². The van der Waals surface area contributed by atoms with Crippen LogP contribution in [-0.2, 0) is 0 Å². The zero-order chi connectivity index (χ0) is 13.7. The predicted octanol–water partition coefficient (Wildman–Crippen LogP) is 4.09. The minimum atomic E-state index is 0.475. The summed E-state index contributed by atoms with van der Waals surface area (Å²) in [5, 5.41) is 3.63. The molecular weight excluding hydrogens is 252 g/mol. The van der Waals surface area contributed by atoms with E-state index in [1.54, 1.807) is 0 Å². The van der Waals surface area contributed by atoms with Crippen LogP contribution in [-0.4, -0.2) is 11.0 Å². The third-order valence-electron chi connectivity index (χ3n) is 4.10. The Balaban J connectivity index is 1.94. The van der Waals surface area contributed by atoms with Crippen LogP contribution in [0.15, 0.2) is 24.3 Å². The predicted molar refractivity (Wildman–Crippen MR) is 86.6 cm³/mol. The summed E-state index contributed by atoms with van der Waals surface area (Å²) in [5.74, 6) is 0.939. The van der Waals surface area contributed by atoms with Crippen molar-refractivity contribution in [1.29, 1.82) is 0 Å². The standard InChI is InChI=1S/C16H24N2S/c1-2-5-12-8-10-13(11-9-12)18-15-7-4-3-6-14(15)16(17)19/h3-4,6-7,12-13,18H,2,5,8-11H2,1H3,(H2,17,19). The normalized spacial score (nSPS) is 23.0. The number of anilines is 1. The van der Waals surface area contributed by atoms with Gasteiger partial charge in [-0.05, 0) is 43.7 Å². The van der Waals surface area contributed by atoms with Gasteiger partial charge in [-0.15, -0.1) is 0 Å². The van der Waals surface area contributed by atoms with E-state index in [1.807, 2.05) is 18.2 Å². The number of hydrogen-bond acceptors (Lipinski definition) is 2. The lowest BCUT2D eigenvalue weighted by atomic mass is 9.83. The second-order valence-electron chi connectivity index (χ2n) is 5.56. The molecule has 3 heteroatoms. The van der Waals surface area contributed by atoms with Gasteiger partial charge < -0.3 is 11.1 Å². The Labute approximate surface area is 121 Å². The summed E-state index contributed by atoms with van der Waals surface area (Å²) in [4.78, 5) is 0.475. The lowest BCUT2D eigenvalue weighted by Gasteiger charge is -2.30. The lowest BCUT2D eigenvalue weighted by Crippen LogP contribution is -2.27. The average molecular weight is 276 g/mol. The number of para-hydroxylation sites is 1. The summed E-state index contributed by atoms with van der Waals surface area (Å²) in [6.45, 7) is 2.28. The number of nitrogens with one attached hydrogen (secondary N) is 1. The third kappa shape index (κ3) is 3.93. The molecule has 104 valence electrons. The Morgan fingerprint density at radius 3 is 2.58 bits per heavy atom. The molecule has 1 fully saturated rings. The quantitative estimate of drug-likeness (QED) is 0.795. The molecule has 2 nitrogen and oxygen atoms in total. The fraction of sp³-hybridized carbons (Fsp3) is 0.562. The van der Waals surface area contributed by atoms with E-state index in [9.17, 15) is 0 Å². The van der Waals surface area contributed by atoms with E-state index in [-0.39, 0.29) is 0 Å². The minimum Gasteiger partial charge on any atom is -0.389 e. The third-order valence-corrected chi connectivity index (χ3v) is 4.32. The fourth-order valence-corrected chi connectivity index (χ4v) is 3.23. The maximum absolute atomic E-state index is 5.77. The van der Waals surface area contributed by atoms with Gasteiger partial charge in [0.15, 0.2) is 0 Å². The van der Waals surface area contributed by atoms with Crippen LogP contribution in [0.4, 0.5) is 5.69 Å². The summed E-state index contributed by atoms with van der Waals surface area (Å²) in [7, 11) is 0. The summed E-state index contributed by atoms with van der Waals surface area (Å²) in [6, 6.07) is 8.66. The molecule has 0 bridgehead atoms. The highest BCUT2D eigenvalue weighted by Crippen LogP contribution is 2.30. The number of benzene rings is 1. The molecule has 1 aliphatic rings. The Kier molecular flexibility index (Phi) is 5.20. The van der Waals surface area contributed by atoms with Crippen LogP contribution in [0.1, 0.15) is 51.0 Å². The van der Waals surface area contributed by atoms with E-state index < -0.39 is 0 Å². The van der Waals surface area contributed by atoms with Crippen LogP contribution >= 0.6 is 12.2 Å². The Bertz CT molecular complexity index is 423. The molecule has 3 N–H and O–H groups in total. The highest BCUT2D eigenvalue weighted by atomic mass is 32.1. The van der Waals surface area contributed by atoms with Gasteiger partial charge >= 0.3 is 0 Å². The maximum Gasteiger partial charge on any atom is 0.106 e. The number of thiocarbonyl (C=S) groups is 1. The molecule has 1 aromatic carbocycles. The molecule has 1 aliphatic carbocycles. The molecule has 0 atom stereocenters. The summed E-state index contributed by atoms with van der Waals surface area (Å²) >= 11 is 5.11. The van der Waals surface area contributed by atoms with Crippen molar-refractivity contribution in [2.45, 2.75) is 51.5 Å². The van der Waals surface area contributed by atoms with Crippen LogP contribution in [0.3, 0.4) is 0 Å². The molecule has 0 aliphatic heterocycles. The van der Waals surface area contributed by atoms with E-state index in [0.717, 1.165) is 17.2 Å². The maximum atomic E-state index is 5.77. The summed E-state index contributed by atoms with van der Waals surface area (Å²) in [5.41, 5.74) is 7.83. The fourth-order valence-electron chi connectivity index (χ4n) is 3.05. The van der Waals surface area contributed by atoms with Crippen molar-refractivity contribution in [1.82, 2.24) is 0 Å². The topological polar surface area (TPSA) is 38.0 Å². The van der Waals surface area contributed by atoms with Crippen LogP contribution in [0.25, 0.3) is 0 Å². The smallest absolute Gasteiger partial charge is 0.106 e. The van der Waals surface area contributed by atoms with Crippen molar-refractivity contribution in [3.8, 4) is 0 Å². The summed E-state index contributed by atoms with van der Waals surface area (Å²) < 4.78 is 0. The van der Waals surface area contributed by atoms with E-state index in [4.69, 9.17) is 18.0 Å². The Morgan fingerprint density at radius 1 is 1.26 bits per heavy atom. The second-order valence-corrected chi connectivity index (χ2v) is 6.00. The first-order valence-corrected chi connectivity index (χ1v) is 7.77. The van der Waals surface area contributed by atoms with E-state index in [1.165, 1.54) is 38.5 Å². The van der Waals surface area contributed by atoms with E-state index in [0.29, 0.717) is 11.0 Å². The van der Waals surface area contributed by atoms with Gasteiger partial charge in [0, 0.05) is 17.3 Å². The molecule has 1 saturated carbocycles. The highest BCUT2D eigenvalue weighted by Gasteiger charge is 2.21. The van der Waals surface area contributed by atoms with Gasteiger partial charge in [-0.3, -0.25) is 0 Å². The van der Waals surface area contributed by atoms with Crippen molar-refractivity contribution in [3.05, 3.63) is 29.8 Å². The molecule has 0 aromatic heterocycles. The molecular formula is C16H24N2S. The molecule has 0 radical (unpaired) electrons. The minimum absolute atomic E-state index is 0.475. The largest absolute Gasteiger partial charge is 0.389 e. The Morgan fingerprint density at radius 2 is 1.95 bits per heavy atom. The van der Waals surface area contributed by atoms with Crippen LogP contribution < -0.4 is 11.1 Å². The zero-order valence-electron chi connectivity index (χ0n) is 11.7. The average Bonchev–Trinajstić information content (AvgIpc) is 2.42. The van der Waals surface area contributed by atoms with Gasteiger partial charge in [0.2, 0.25) is 0 Å². The SMILES string of the molecule is CCCC1CCC(Nc2ccccc2C(N)=S)CC1. The lowest BCUT2D eigenvalue weighted by molar-refractivity contribution is 0.319. The number of nitrogens with two attached hydrogens (primary N) is 1. The summed E-state index contributed by atoms with van der Waals surface area (Å²) in [6.07, 6.45) is 7.91. The Hall–Kier alpha value is -1.09. The van der Waals surface area contributed by atoms with Gasteiger partial charge in [0.1, 0.15) is 4.99 Å². The van der Waals surface area contributed by atoms with Crippen molar-refractivity contribution in [2.24, 2.45) is 11.7 Å².